The molecule has 0 bridgehead atoms. The third-order valence-electron chi connectivity index (χ3n) is 12.1. The van der Waals surface area contributed by atoms with E-state index in [2.05, 4.69) is 75.5 Å². The number of nitrogens with zero attached hydrogens (tertiary/aromatic N) is 1. The molecule has 0 amide bonds. The van der Waals surface area contributed by atoms with Gasteiger partial charge in [-0.25, -0.2) is 9.59 Å². The number of aryl methyl sites for hydroxylation is 1. The Kier molecular flexibility index (Phi) is 11.7. The monoisotopic (exact) mass is 811 g/mol. The highest BCUT2D eigenvalue weighted by atomic mass is 19.4. The smallest absolute Gasteiger partial charge is 0.416 e. The number of rotatable bonds is 15. The second-order valence-electron chi connectivity index (χ2n) is 16.9. The Morgan fingerprint density at radius 1 is 0.600 bits per heavy atom. The van der Waals surface area contributed by atoms with Crippen LogP contribution in [-0.4, -0.2) is 25.2 Å². The lowest BCUT2D eigenvalue weighted by Crippen LogP contribution is -2.26. The number of fused-ring (bicyclic) bond motifs is 6. The number of ether oxygens (including phenoxy) is 2. The highest BCUT2D eigenvalue weighted by Gasteiger charge is 2.43. The van der Waals surface area contributed by atoms with Crippen molar-refractivity contribution in [2.45, 2.75) is 90.1 Å². The summed E-state index contributed by atoms with van der Waals surface area (Å²) in [7, 11) is 0. The van der Waals surface area contributed by atoms with Crippen LogP contribution in [0.4, 0.5) is 30.2 Å². The van der Waals surface area contributed by atoms with Gasteiger partial charge in [-0.15, -0.1) is 0 Å². The predicted octanol–water partition coefficient (Wildman–Crippen LogP) is 13.6. The number of anilines is 3. The van der Waals surface area contributed by atoms with Crippen molar-refractivity contribution < 1.29 is 32.2 Å². The second kappa shape index (κ2) is 16.6. The Bertz CT molecular complexity index is 2460. The fourth-order valence-electron chi connectivity index (χ4n) is 9.21. The first kappa shape index (κ1) is 42.2. The zero-order chi connectivity index (χ0) is 43.0. The number of carbonyl (C=O) groups excluding carboxylic acids is 2. The molecule has 60 heavy (non-hydrogen) atoms. The normalized spacial score (nSPS) is 14.1. The molecule has 0 atom stereocenters. The summed E-state index contributed by atoms with van der Waals surface area (Å²) >= 11 is 0. The lowest BCUT2D eigenvalue weighted by atomic mass is 9.70. The number of unbranched alkanes of at least 4 members (excludes halogenated alkanes) is 2. The molecule has 0 aliphatic heterocycles. The van der Waals surface area contributed by atoms with E-state index in [4.69, 9.17) is 9.47 Å². The first-order valence-electron chi connectivity index (χ1n) is 20.7. The molecule has 0 spiro atoms. The van der Waals surface area contributed by atoms with E-state index in [1.54, 1.807) is 20.8 Å². The van der Waals surface area contributed by atoms with Crippen LogP contribution in [0.5, 0.6) is 0 Å². The van der Waals surface area contributed by atoms with Crippen LogP contribution in [0.3, 0.4) is 0 Å². The second-order valence-corrected chi connectivity index (χ2v) is 16.9. The summed E-state index contributed by atoms with van der Waals surface area (Å²) in [5.41, 5.74) is 10.6. The highest BCUT2D eigenvalue weighted by Crippen LogP contribution is 2.56. The van der Waals surface area contributed by atoms with Crippen LogP contribution < -0.4 is 4.90 Å². The molecule has 5 aromatic rings. The van der Waals surface area contributed by atoms with E-state index in [9.17, 15) is 22.8 Å². The SMILES string of the molecule is C=C(C)C(=O)OCCCCC1(CCCCOC(=O)C(=C)C)c2ccccc2-c2ccc(N(c3cc(C)cc(C(F)(F)F)c3)c3ccc4c(c3)C(C)(C)c3ccccc3-4)cc21. The van der Waals surface area contributed by atoms with Gasteiger partial charge >= 0.3 is 18.1 Å². The molecule has 5 aromatic carbocycles. The van der Waals surface area contributed by atoms with E-state index < -0.39 is 29.1 Å². The number of alkyl halides is 3. The van der Waals surface area contributed by atoms with E-state index in [0.29, 0.717) is 35.2 Å². The maximum absolute atomic E-state index is 14.5. The van der Waals surface area contributed by atoms with Crippen molar-refractivity contribution in [3.05, 3.63) is 161 Å². The lowest BCUT2D eigenvalue weighted by Gasteiger charge is -2.34. The number of hydrogen-bond acceptors (Lipinski definition) is 5. The van der Waals surface area contributed by atoms with Gasteiger partial charge in [0, 0.05) is 39.0 Å². The van der Waals surface area contributed by atoms with Crippen molar-refractivity contribution in [2.24, 2.45) is 0 Å². The van der Waals surface area contributed by atoms with Crippen molar-refractivity contribution in [3.8, 4) is 22.3 Å². The van der Waals surface area contributed by atoms with Crippen LogP contribution in [0.2, 0.25) is 0 Å². The van der Waals surface area contributed by atoms with Crippen molar-refractivity contribution in [1.29, 1.82) is 0 Å². The number of carbonyl (C=O) groups is 2. The molecule has 5 nitrogen and oxygen atoms in total. The van der Waals surface area contributed by atoms with Gasteiger partial charge in [-0.05, 0) is 152 Å². The average Bonchev–Trinajstić information content (AvgIpc) is 3.61. The third kappa shape index (κ3) is 8.04. The fraction of sp³-hybridized carbons (Fsp3) is 0.308. The highest BCUT2D eigenvalue weighted by molar-refractivity contribution is 5.89. The molecular formula is C52H52F3NO4. The van der Waals surface area contributed by atoms with Crippen LogP contribution in [-0.2, 0) is 36.1 Å². The Balaban J connectivity index is 1.36. The van der Waals surface area contributed by atoms with Crippen molar-refractivity contribution >= 4 is 29.0 Å². The van der Waals surface area contributed by atoms with Gasteiger partial charge < -0.3 is 14.4 Å². The number of benzene rings is 5. The van der Waals surface area contributed by atoms with E-state index in [-0.39, 0.29) is 18.6 Å². The summed E-state index contributed by atoms with van der Waals surface area (Å²) in [6, 6.07) is 33.5. The van der Waals surface area contributed by atoms with E-state index in [1.165, 1.54) is 23.3 Å². The number of halogens is 3. The van der Waals surface area contributed by atoms with Gasteiger partial charge in [0.15, 0.2) is 0 Å². The Hall–Kier alpha value is -5.89. The summed E-state index contributed by atoms with van der Waals surface area (Å²) in [4.78, 5) is 26.4. The number of hydrogen-bond donors (Lipinski definition) is 0. The Morgan fingerprint density at radius 3 is 1.63 bits per heavy atom. The maximum Gasteiger partial charge on any atom is 0.416 e. The van der Waals surface area contributed by atoms with Crippen LogP contribution in [0.15, 0.2) is 127 Å². The molecule has 0 unspecified atom stereocenters. The molecule has 8 heteroatoms. The van der Waals surface area contributed by atoms with Crippen molar-refractivity contribution in [1.82, 2.24) is 0 Å². The third-order valence-corrected chi connectivity index (χ3v) is 12.1. The molecule has 310 valence electrons. The van der Waals surface area contributed by atoms with Crippen LogP contribution >= 0.6 is 0 Å². The van der Waals surface area contributed by atoms with Crippen LogP contribution in [0.25, 0.3) is 22.3 Å². The minimum Gasteiger partial charge on any atom is -0.462 e. The predicted molar refractivity (Wildman–Crippen MR) is 234 cm³/mol. The standard InChI is InChI=1S/C52H52F3NO4/c1-33(2)48(57)59-26-14-12-24-51(25-13-15-27-60-49(58)34(3)4)45-19-11-9-17-41(45)43-23-21-38(32-47(43)51)56(39-29-35(5)28-36(30-39)52(53,54)55)37-20-22-42-40-16-8-10-18-44(40)50(6,7)46(42)31-37/h8-11,16-23,28-32H,1,3,12-15,24-27H2,2,4-7H3. The van der Waals surface area contributed by atoms with Gasteiger partial charge in [-0.3, -0.25) is 0 Å². The quantitative estimate of drug-likeness (QED) is 0.0599. The van der Waals surface area contributed by atoms with Gasteiger partial charge in [0.1, 0.15) is 0 Å². The van der Waals surface area contributed by atoms with Gasteiger partial charge in [0.25, 0.3) is 0 Å². The summed E-state index contributed by atoms with van der Waals surface area (Å²) < 4.78 is 54.5. The fourth-order valence-corrected chi connectivity index (χ4v) is 9.21. The summed E-state index contributed by atoms with van der Waals surface area (Å²) in [6.07, 6.45) is -0.337. The molecule has 0 N–H and O–H groups in total. The van der Waals surface area contributed by atoms with Crippen molar-refractivity contribution in [2.75, 3.05) is 18.1 Å². The lowest BCUT2D eigenvalue weighted by molar-refractivity contribution is -0.139. The van der Waals surface area contributed by atoms with Gasteiger partial charge in [-0.2, -0.15) is 13.2 Å². The van der Waals surface area contributed by atoms with Gasteiger partial charge in [-0.1, -0.05) is 87.7 Å². The molecule has 0 radical (unpaired) electrons. The summed E-state index contributed by atoms with van der Waals surface area (Å²) in [5, 5.41) is 0. The minimum atomic E-state index is -4.54. The molecule has 7 rings (SSSR count). The molecule has 0 heterocycles. The van der Waals surface area contributed by atoms with Gasteiger partial charge in [0.05, 0.1) is 18.8 Å². The molecule has 2 aliphatic rings. The molecular weight excluding hydrogens is 760 g/mol. The topological polar surface area (TPSA) is 55.8 Å². The van der Waals surface area contributed by atoms with Crippen molar-refractivity contribution in [3.63, 3.8) is 0 Å². The zero-order valence-corrected chi connectivity index (χ0v) is 35.1. The molecule has 0 saturated heterocycles. The first-order chi connectivity index (χ1) is 28.5. The van der Waals surface area contributed by atoms with Gasteiger partial charge in [0.2, 0.25) is 0 Å². The molecule has 0 saturated carbocycles. The average molecular weight is 812 g/mol. The van der Waals surface area contributed by atoms with E-state index >= 15 is 0 Å². The van der Waals surface area contributed by atoms with E-state index in [1.807, 2.05) is 47.4 Å². The molecule has 0 fully saturated rings. The summed E-state index contributed by atoms with van der Waals surface area (Å²) in [5.74, 6) is -0.835. The summed E-state index contributed by atoms with van der Waals surface area (Å²) in [6.45, 7) is 17.3. The number of esters is 2. The Morgan fingerprint density at radius 2 is 1.08 bits per heavy atom. The molecule has 0 aromatic heterocycles. The molecule has 2 aliphatic carbocycles. The minimum absolute atomic E-state index is 0.258. The van der Waals surface area contributed by atoms with E-state index in [0.717, 1.165) is 70.4 Å². The first-order valence-corrected chi connectivity index (χ1v) is 20.7. The van der Waals surface area contributed by atoms with Crippen LogP contribution in [0.1, 0.15) is 99.6 Å². The largest absolute Gasteiger partial charge is 0.462 e. The van der Waals surface area contributed by atoms with Crippen LogP contribution in [0, 0.1) is 6.92 Å². The maximum atomic E-state index is 14.5. The zero-order valence-electron chi connectivity index (χ0n) is 35.1. The Labute approximate surface area is 351 Å².